The highest BCUT2D eigenvalue weighted by Gasteiger charge is 2.11. The minimum absolute atomic E-state index is 0.0671. The highest BCUT2D eigenvalue weighted by Crippen LogP contribution is 2.05. The van der Waals surface area contributed by atoms with E-state index >= 15 is 0 Å². The van der Waals surface area contributed by atoms with Crippen molar-refractivity contribution in [2.75, 3.05) is 0 Å². The van der Waals surface area contributed by atoms with E-state index in [1.165, 1.54) is 4.68 Å². The minimum atomic E-state index is -0.510. The summed E-state index contributed by atoms with van der Waals surface area (Å²) in [6.07, 6.45) is 1.13. The Morgan fingerprint density at radius 1 is 1.90 bits per heavy atom. The first-order valence-corrected chi connectivity index (χ1v) is 2.78. The van der Waals surface area contributed by atoms with Crippen LogP contribution in [0.3, 0.4) is 0 Å². The van der Waals surface area contributed by atoms with E-state index in [9.17, 15) is 10.1 Å². The molecule has 0 aliphatic carbocycles. The van der Waals surface area contributed by atoms with Crippen LogP contribution in [0.1, 0.15) is 6.92 Å². The molecule has 10 heavy (non-hydrogen) atoms. The van der Waals surface area contributed by atoms with E-state index in [0.29, 0.717) is 6.54 Å². The normalized spacial score (nSPS) is 9.70. The molecule has 0 unspecified atom stereocenters. The third kappa shape index (κ3) is 0.949. The molecule has 1 aromatic heterocycles. The van der Waals surface area contributed by atoms with Crippen molar-refractivity contribution in [3.05, 3.63) is 16.3 Å². The number of nitro groups is 1. The van der Waals surface area contributed by atoms with E-state index in [1.807, 2.05) is 0 Å². The molecule has 0 aromatic carbocycles. The van der Waals surface area contributed by atoms with E-state index in [4.69, 9.17) is 0 Å². The zero-order valence-corrected chi connectivity index (χ0v) is 5.39. The van der Waals surface area contributed by atoms with Gasteiger partial charge in [0.2, 0.25) is 0 Å². The van der Waals surface area contributed by atoms with E-state index in [1.54, 1.807) is 6.92 Å². The first kappa shape index (κ1) is 6.66. The van der Waals surface area contributed by atoms with Crippen molar-refractivity contribution < 1.29 is 4.92 Å². The highest BCUT2D eigenvalue weighted by molar-refractivity contribution is 5.10. The lowest BCUT2D eigenvalue weighted by atomic mass is 10.7. The summed E-state index contributed by atoms with van der Waals surface area (Å²) in [6.45, 7) is 2.23. The molecule has 6 nitrogen and oxygen atoms in total. The van der Waals surface area contributed by atoms with Gasteiger partial charge >= 0.3 is 5.82 Å². The van der Waals surface area contributed by atoms with E-state index in [2.05, 4.69) is 10.3 Å². The van der Waals surface area contributed by atoms with E-state index in [-0.39, 0.29) is 5.82 Å². The highest BCUT2D eigenvalue weighted by atomic mass is 16.6. The van der Waals surface area contributed by atoms with Gasteiger partial charge in [-0.25, -0.2) is 0 Å². The van der Waals surface area contributed by atoms with Crippen LogP contribution >= 0.6 is 0 Å². The van der Waals surface area contributed by atoms with Gasteiger partial charge in [-0.3, -0.25) is 0 Å². The fourth-order valence-electron chi connectivity index (χ4n) is 0.619. The maximum absolute atomic E-state index is 10.1. The molecule has 0 spiro atoms. The molecule has 0 N–H and O–H groups in total. The molecule has 0 atom stereocenters. The summed E-state index contributed by atoms with van der Waals surface area (Å²) in [5, 5.41) is 17.0. The van der Waals surface area contributed by atoms with Crippen molar-refractivity contribution in [3.63, 3.8) is 0 Å². The second-order valence-corrected chi connectivity index (χ2v) is 1.67. The van der Waals surface area contributed by atoms with Gasteiger partial charge < -0.3 is 10.1 Å². The van der Waals surface area contributed by atoms with Gasteiger partial charge in [0, 0.05) is 5.21 Å². The molecule has 0 radical (unpaired) electrons. The van der Waals surface area contributed by atoms with Crippen LogP contribution in [0.2, 0.25) is 0 Å². The van der Waals surface area contributed by atoms with Gasteiger partial charge in [0.05, 0.1) is 0 Å². The summed E-state index contributed by atoms with van der Waals surface area (Å²) in [4.78, 5) is 9.64. The van der Waals surface area contributed by atoms with Gasteiger partial charge in [-0.15, -0.1) is 9.78 Å². The van der Waals surface area contributed by atoms with Gasteiger partial charge in [0.15, 0.2) is 0 Å². The second-order valence-electron chi connectivity index (χ2n) is 1.67. The number of aromatic nitrogens is 3. The standard InChI is InChI=1S/C4H6N4O2/c1-2-7-4(8(9)10)3-5-6-7/h3H,2H2,1H3. The van der Waals surface area contributed by atoms with Crippen molar-refractivity contribution in [3.8, 4) is 0 Å². The van der Waals surface area contributed by atoms with Crippen LogP contribution in [-0.2, 0) is 6.54 Å². The number of hydrogen-bond acceptors (Lipinski definition) is 4. The molecule has 0 aliphatic heterocycles. The smallest absolute Gasteiger partial charge is 0.358 e. The molecule has 0 bridgehead atoms. The molecule has 1 heterocycles. The maximum Gasteiger partial charge on any atom is 0.365 e. The van der Waals surface area contributed by atoms with E-state index in [0.717, 1.165) is 6.20 Å². The number of rotatable bonds is 2. The summed E-state index contributed by atoms with van der Waals surface area (Å²) in [6, 6.07) is 0. The molecule has 1 rings (SSSR count). The van der Waals surface area contributed by atoms with Crippen molar-refractivity contribution >= 4 is 5.82 Å². The molecule has 6 heteroatoms. The predicted octanol–water partition coefficient (Wildman–Crippen LogP) is 0.206. The summed E-state index contributed by atoms with van der Waals surface area (Å²) >= 11 is 0. The Morgan fingerprint density at radius 2 is 2.60 bits per heavy atom. The Bertz CT molecular complexity index is 243. The Labute approximate surface area is 56.6 Å². The van der Waals surface area contributed by atoms with Gasteiger partial charge in [-0.05, 0) is 11.8 Å². The summed E-state index contributed by atoms with van der Waals surface area (Å²) in [5.41, 5.74) is 0. The fraction of sp³-hybridized carbons (Fsp3) is 0.500. The van der Waals surface area contributed by atoms with Crippen molar-refractivity contribution in [2.24, 2.45) is 0 Å². The SMILES string of the molecule is CCn1nncc1[N+](=O)[O-]. The van der Waals surface area contributed by atoms with Crippen LogP contribution in [0.15, 0.2) is 6.20 Å². The van der Waals surface area contributed by atoms with Crippen molar-refractivity contribution in [1.29, 1.82) is 0 Å². The Kier molecular flexibility index (Phi) is 1.61. The van der Waals surface area contributed by atoms with Gasteiger partial charge in [-0.2, -0.15) is 0 Å². The zero-order chi connectivity index (χ0) is 7.56. The molecule has 54 valence electrons. The van der Waals surface area contributed by atoms with Gasteiger partial charge in [0.1, 0.15) is 12.7 Å². The quantitative estimate of drug-likeness (QED) is 0.437. The van der Waals surface area contributed by atoms with Crippen molar-refractivity contribution in [1.82, 2.24) is 15.0 Å². The molecule has 0 saturated carbocycles. The van der Waals surface area contributed by atoms with Crippen LogP contribution in [0.25, 0.3) is 0 Å². The summed E-state index contributed by atoms with van der Waals surface area (Å²) in [5.74, 6) is -0.0671. The van der Waals surface area contributed by atoms with Crippen LogP contribution in [-0.4, -0.2) is 19.9 Å². The maximum atomic E-state index is 10.1. The number of hydrogen-bond donors (Lipinski definition) is 0. The average Bonchev–Trinajstić information content (AvgIpc) is 2.33. The second kappa shape index (κ2) is 2.42. The lowest BCUT2D eigenvalue weighted by Crippen LogP contribution is -2.01. The predicted molar refractivity (Wildman–Crippen MR) is 32.4 cm³/mol. The number of nitrogens with zero attached hydrogens (tertiary/aromatic N) is 4. The third-order valence-corrected chi connectivity index (χ3v) is 1.08. The minimum Gasteiger partial charge on any atom is -0.358 e. The van der Waals surface area contributed by atoms with Crippen LogP contribution in [0.4, 0.5) is 5.82 Å². The van der Waals surface area contributed by atoms with Crippen molar-refractivity contribution in [2.45, 2.75) is 13.5 Å². The summed E-state index contributed by atoms with van der Waals surface area (Å²) in [7, 11) is 0. The monoisotopic (exact) mass is 142 g/mol. The Hall–Kier alpha value is -1.46. The molecule has 0 aliphatic rings. The largest absolute Gasteiger partial charge is 0.365 e. The number of aryl methyl sites for hydroxylation is 1. The van der Waals surface area contributed by atoms with Gasteiger partial charge in [0.25, 0.3) is 0 Å². The average molecular weight is 142 g/mol. The molecule has 0 fully saturated rings. The molecule has 0 amide bonds. The van der Waals surface area contributed by atoms with Gasteiger partial charge in [-0.1, -0.05) is 0 Å². The van der Waals surface area contributed by atoms with E-state index < -0.39 is 4.92 Å². The molecular weight excluding hydrogens is 136 g/mol. The first-order valence-electron chi connectivity index (χ1n) is 2.78. The third-order valence-electron chi connectivity index (χ3n) is 1.08. The Balaban J connectivity index is 3.01. The molecular formula is C4H6N4O2. The summed E-state index contributed by atoms with van der Waals surface area (Å²) < 4.78 is 1.22. The van der Waals surface area contributed by atoms with Crippen LogP contribution in [0.5, 0.6) is 0 Å². The topological polar surface area (TPSA) is 73.8 Å². The Morgan fingerprint density at radius 3 is 3.00 bits per heavy atom. The zero-order valence-electron chi connectivity index (χ0n) is 5.39. The fourth-order valence-corrected chi connectivity index (χ4v) is 0.619. The first-order chi connectivity index (χ1) is 4.75. The molecule has 1 aromatic rings. The lowest BCUT2D eigenvalue weighted by molar-refractivity contribution is -0.392. The lowest BCUT2D eigenvalue weighted by Gasteiger charge is -1.91. The molecule has 0 saturated heterocycles. The van der Waals surface area contributed by atoms with Crippen LogP contribution < -0.4 is 0 Å². The van der Waals surface area contributed by atoms with Crippen LogP contribution in [0, 0.1) is 10.1 Å².